The van der Waals surface area contributed by atoms with Gasteiger partial charge in [-0.15, -0.1) is 0 Å². The van der Waals surface area contributed by atoms with Crippen LogP contribution in [0.1, 0.15) is 22.3 Å². The minimum absolute atomic E-state index is 0.731. The Labute approximate surface area is 112 Å². The maximum absolute atomic E-state index is 6.61. The first-order valence-electron chi connectivity index (χ1n) is 6.30. The Kier molecular flexibility index (Phi) is 2.57. The summed E-state index contributed by atoms with van der Waals surface area (Å²) in [7, 11) is 0. The van der Waals surface area contributed by atoms with Crippen LogP contribution < -0.4 is 16.8 Å². The molecule has 96 valence electrons. The second kappa shape index (κ2) is 4.14. The van der Waals surface area contributed by atoms with Gasteiger partial charge in [-0.1, -0.05) is 42.0 Å². The highest BCUT2D eigenvalue weighted by Gasteiger charge is 2.32. The van der Waals surface area contributed by atoms with Crippen molar-refractivity contribution in [3.8, 4) is 0 Å². The normalized spacial score (nSPS) is 20.7. The molecule has 3 heteroatoms. The van der Waals surface area contributed by atoms with Crippen molar-refractivity contribution in [3.05, 3.63) is 70.9 Å². The Morgan fingerprint density at radius 3 is 2.68 bits per heavy atom. The Morgan fingerprint density at radius 2 is 1.89 bits per heavy atom. The van der Waals surface area contributed by atoms with Crippen LogP contribution in [0.4, 0.5) is 5.69 Å². The van der Waals surface area contributed by atoms with Gasteiger partial charge in [0.1, 0.15) is 5.66 Å². The van der Waals surface area contributed by atoms with Gasteiger partial charge in [-0.2, -0.15) is 0 Å². The molecule has 2 aromatic carbocycles. The van der Waals surface area contributed by atoms with E-state index < -0.39 is 5.66 Å². The summed E-state index contributed by atoms with van der Waals surface area (Å²) in [6, 6.07) is 14.1. The molecule has 2 aromatic rings. The number of nitrogens with one attached hydrogen (secondary N) is 1. The monoisotopic (exact) mass is 251 g/mol. The van der Waals surface area contributed by atoms with Crippen molar-refractivity contribution in [1.29, 1.82) is 0 Å². The van der Waals surface area contributed by atoms with Gasteiger partial charge >= 0.3 is 0 Å². The van der Waals surface area contributed by atoms with Crippen molar-refractivity contribution >= 4 is 11.8 Å². The molecule has 0 aliphatic carbocycles. The van der Waals surface area contributed by atoms with Crippen LogP contribution in [0.3, 0.4) is 0 Å². The van der Waals surface area contributed by atoms with Crippen molar-refractivity contribution in [2.45, 2.75) is 12.6 Å². The summed E-state index contributed by atoms with van der Waals surface area (Å²) in [6.45, 7) is 2.06. The van der Waals surface area contributed by atoms with Crippen LogP contribution >= 0.6 is 0 Å². The fraction of sp³-hybridized carbons (Fsp3) is 0.125. The Bertz CT molecular complexity index is 661. The Balaban J connectivity index is 2.22. The molecule has 19 heavy (non-hydrogen) atoms. The summed E-state index contributed by atoms with van der Waals surface area (Å²) in [4.78, 5) is 0. The van der Waals surface area contributed by atoms with E-state index in [0.29, 0.717) is 0 Å². The van der Waals surface area contributed by atoms with Crippen LogP contribution in [0.15, 0.2) is 48.7 Å². The molecule has 1 aliphatic rings. The molecular weight excluding hydrogens is 234 g/mol. The molecule has 3 rings (SSSR count). The standard InChI is InChI=1S/C16H17N3/c1-11-4-2-5-12(10-11)16(18)14-6-3-7-15(17)13(14)8-9-19-16/h2-10,19H,17-18H2,1H3. The number of nitrogens with two attached hydrogens (primary N) is 2. The maximum Gasteiger partial charge on any atom is 0.139 e. The highest BCUT2D eigenvalue weighted by atomic mass is 15.1. The van der Waals surface area contributed by atoms with Crippen molar-refractivity contribution in [1.82, 2.24) is 5.32 Å². The van der Waals surface area contributed by atoms with Gasteiger partial charge in [0.05, 0.1) is 0 Å². The van der Waals surface area contributed by atoms with E-state index in [9.17, 15) is 0 Å². The molecule has 1 heterocycles. The summed E-state index contributed by atoms with van der Waals surface area (Å²) in [5, 5.41) is 3.26. The van der Waals surface area contributed by atoms with Crippen LogP contribution in [0.2, 0.25) is 0 Å². The van der Waals surface area contributed by atoms with E-state index in [1.807, 2.05) is 42.6 Å². The molecule has 0 saturated heterocycles. The lowest BCUT2D eigenvalue weighted by Crippen LogP contribution is -2.50. The number of hydrogen-bond acceptors (Lipinski definition) is 3. The van der Waals surface area contributed by atoms with E-state index in [2.05, 4.69) is 24.4 Å². The van der Waals surface area contributed by atoms with Gasteiger partial charge < -0.3 is 16.8 Å². The molecule has 5 N–H and O–H groups in total. The molecule has 1 aliphatic heterocycles. The lowest BCUT2D eigenvalue weighted by atomic mass is 9.85. The van der Waals surface area contributed by atoms with Gasteiger partial charge in [0, 0.05) is 16.8 Å². The zero-order chi connectivity index (χ0) is 13.5. The predicted octanol–water partition coefficient (Wildman–Crippen LogP) is 2.31. The number of benzene rings is 2. The second-order valence-corrected chi connectivity index (χ2v) is 4.96. The molecule has 1 unspecified atom stereocenters. The zero-order valence-electron chi connectivity index (χ0n) is 10.9. The van der Waals surface area contributed by atoms with E-state index >= 15 is 0 Å². The van der Waals surface area contributed by atoms with Crippen molar-refractivity contribution in [3.63, 3.8) is 0 Å². The average molecular weight is 251 g/mol. The minimum Gasteiger partial charge on any atom is -0.398 e. The summed E-state index contributed by atoms with van der Waals surface area (Å²) < 4.78 is 0. The third-order valence-electron chi connectivity index (χ3n) is 3.60. The fourth-order valence-corrected chi connectivity index (χ4v) is 2.58. The topological polar surface area (TPSA) is 64.1 Å². The molecule has 0 amide bonds. The number of rotatable bonds is 1. The highest BCUT2D eigenvalue weighted by Crippen LogP contribution is 2.33. The number of nitrogen functional groups attached to an aromatic ring is 1. The van der Waals surface area contributed by atoms with E-state index in [1.54, 1.807) is 0 Å². The van der Waals surface area contributed by atoms with Crippen LogP contribution in [-0.4, -0.2) is 0 Å². The van der Waals surface area contributed by atoms with Crippen LogP contribution in [0, 0.1) is 6.92 Å². The van der Waals surface area contributed by atoms with E-state index in [4.69, 9.17) is 11.5 Å². The van der Waals surface area contributed by atoms with Gasteiger partial charge in [-0.3, -0.25) is 0 Å². The molecule has 0 radical (unpaired) electrons. The fourth-order valence-electron chi connectivity index (χ4n) is 2.58. The number of aryl methyl sites for hydroxylation is 1. The van der Waals surface area contributed by atoms with Crippen LogP contribution in [0.25, 0.3) is 6.08 Å². The molecule has 0 spiro atoms. The average Bonchev–Trinajstić information content (AvgIpc) is 2.40. The first kappa shape index (κ1) is 11.8. The van der Waals surface area contributed by atoms with Gasteiger partial charge in [0.25, 0.3) is 0 Å². The van der Waals surface area contributed by atoms with Crippen LogP contribution in [0.5, 0.6) is 0 Å². The molecule has 0 bridgehead atoms. The lowest BCUT2D eigenvalue weighted by Gasteiger charge is -2.35. The SMILES string of the molecule is Cc1cccc(C2(N)NC=Cc3c(N)cccc32)c1. The first-order chi connectivity index (χ1) is 9.11. The summed E-state index contributed by atoms with van der Waals surface area (Å²) in [5.74, 6) is 0. The molecular formula is C16H17N3. The van der Waals surface area contributed by atoms with E-state index in [1.165, 1.54) is 5.56 Å². The van der Waals surface area contributed by atoms with E-state index in [0.717, 1.165) is 22.4 Å². The quantitative estimate of drug-likeness (QED) is 0.681. The number of hydrogen-bond donors (Lipinski definition) is 3. The highest BCUT2D eigenvalue weighted by molar-refractivity contribution is 5.71. The molecule has 0 aromatic heterocycles. The van der Waals surface area contributed by atoms with Gasteiger partial charge in [0.2, 0.25) is 0 Å². The minimum atomic E-state index is -0.731. The Hall–Kier alpha value is -2.26. The van der Waals surface area contributed by atoms with Gasteiger partial charge in [-0.25, -0.2) is 0 Å². The van der Waals surface area contributed by atoms with Gasteiger partial charge in [-0.05, 0) is 30.8 Å². The number of fused-ring (bicyclic) bond motifs is 1. The lowest BCUT2D eigenvalue weighted by molar-refractivity contribution is 0.474. The van der Waals surface area contributed by atoms with Crippen molar-refractivity contribution < 1.29 is 0 Å². The number of anilines is 1. The molecule has 0 fully saturated rings. The molecule has 1 atom stereocenters. The zero-order valence-corrected chi connectivity index (χ0v) is 10.9. The Morgan fingerprint density at radius 1 is 1.11 bits per heavy atom. The van der Waals surface area contributed by atoms with Crippen molar-refractivity contribution in [2.75, 3.05) is 5.73 Å². The third kappa shape index (κ3) is 1.79. The summed E-state index contributed by atoms with van der Waals surface area (Å²) in [6.07, 6.45) is 3.83. The first-order valence-corrected chi connectivity index (χ1v) is 6.30. The summed E-state index contributed by atoms with van der Waals surface area (Å²) >= 11 is 0. The van der Waals surface area contributed by atoms with Crippen molar-refractivity contribution in [2.24, 2.45) is 5.73 Å². The molecule has 0 saturated carbocycles. The predicted molar refractivity (Wildman–Crippen MR) is 79.2 cm³/mol. The summed E-state index contributed by atoms with van der Waals surface area (Å²) in [5.41, 5.74) is 16.9. The third-order valence-corrected chi connectivity index (χ3v) is 3.60. The molecule has 3 nitrogen and oxygen atoms in total. The second-order valence-electron chi connectivity index (χ2n) is 4.96. The van der Waals surface area contributed by atoms with Gasteiger partial charge in [0.15, 0.2) is 0 Å². The van der Waals surface area contributed by atoms with Crippen LogP contribution in [-0.2, 0) is 5.66 Å². The maximum atomic E-state index is 6.61. The van der Waals surface area contributed by atoms with E-state index in [-0.39, 0.29) is 0 Å². The largest absolute Gasteiger partial charge is 0.398 e. The smallest absolute Gasteiger partial charge is 0.139 e.